The first-order valence-electron chi connectivity index (χ1n) is 10.7. The van der Waals surface area contributed by atoms with Crippen molar-refractivity contribution in [2.75, 3.05) is 54.9 Å². The highest BCUT2D eigenvalue weighted by Gasteiger charge is 2.15. The first kappa shape index (κ1) is 25.7. The molecule has 3 aromatic rings. The molecule has 10 heteroatoms. The van der Waals surface area contributed by atoms with Crippen molar-refractivity contribution in [2.45, 2.75) is 0 Å². The van der Waals surface area contributed by atoms with Gasteiger partial charge in [-0.05, 0) is 29.8 Å². The number of fused-ring (bicyclic) bond motifs is 1. The third-order valence-electron chi connectivity index (χ3n) is 4.76. The average molecular weight is 485 g/mol. The molecule has 0 aliphatic heterocycles. The summed E-state index contributed by atoms with van der Waals surface area (Å²) in [5, 5.41) is 0.621. The van der Waals surface area contributed by atoms with E-state index in [2.05, 4.69) is 14.7 Å². The molecule has 0 saturated heterocycles. The Bertz CT molecular complexity index is 1170. The zero-order valence-corrected chi connectivity index (χ0v) is 20.1. The van der Waals surface area contributed by atoms with Crippen LogP contribution in [0.1, 0.15) is 5.56 Å². The van der Waals surface area contributed by atoms with Crippen molar-refractivity contribution in [1.29, 1.82) is 0 Å². The molecule has 0 amide bonds. The van der Waals surface area contributed by atoms with Crippen LogP contribution in [0.3, 0.4) is 0 Å². The fraction of sp³-hybridized carbons (Fsp3) is 0.320. The molecule has 1 heterocycles. The van der Waals surface area contributed by atoms with E-state index in [1.807, 2.05) is 0 Å². The van der Waals surface area contributed by atoms with E-state index in [1.165, 1.54) is 26.6 Å². The predicted octanol–water partition coefficient (Wildman–Crippen LogP) is 3.67. The quantitative estimate of drug-likeness (QED) is 0.203. The highest BCUT2D eigenvalue weighted by Crippen LogP contribution is 2.38. The molecule has 0 fully saturated rings. The minimum absolute atomic E-state index is 0.311. The molecule has 1 aromatic heterocycles. The maximum Gasteiger partial charge on any atom is 0.330 e. The molecule has 0 radical (unpaired) electrons. The molecular weight excluding hydrogens is 456 g/mol. The maximum absolute atomic E-state index is 11.4. The number of hydrogen-bond acceptors (Lipinski definition) is 10. The van der Waals surface area contributed by atoms with Crippen LogP contribution in [0, 0.1) is 0 Å². The zero-order valence-electron chi connectivity index (χ0n) is 20.1. The third-order valence-corrected chi connectivity index (χ3v) is 4.76. The second kappa shape index (κ2) is 13.1. The van der Waals surface area contributed by atoms with Gasteiger partial charge in [-0.1, -0.05) is 6.07 Å². The van der Waals surface area contributed by atoms with E-state index in [-0.39, 0.29) is 0 Å². The van der Waals surface area contributed by atoms with E-state index in [9.17, 15) is 4.79 Å². The SMILES string of the molecule is COCCOc1cc2ncnc(Oc3ccc(C=CC(=O)OC)cc3OC)c2cc1OCCOC. The van der Waals surface area contributed by atoms with Gasteiger partial charge in [0, 0.05) is 26.4 Å². The lowest BCUT2D eigenvalue weighted by molar-refractivity contribution is -0.134. The Balaban J connectivity index is 1.94. The molecule has 0 aliphatic carbocycles. The van der Waals surface area contributed by atoms with Crippen LogP contribution in [0.5, 0.6) is 28.9 Å². The van der Waals surface area contributed by atoms with Crippen molar-refractivity contribution >= 4 is 22.9 Å². The summed E-state index contributed by atoms with van der Waals surface area (Å²) in [4.78, 5) is 20.0. The minimum Gasteiger partial charge on any atom is -0.493 e. The van der Waals surface area contributed by atoms with Gasteiger partial charge in [0.25, 0.3) is 0 Å². The molecule has 2 aromatic carbocycles. The number of carbonyl (C=O) groups is 1. The number of carbonyl (C=O) groups excluding carboxylic acids is 1. The number of benzene rings is 2. The number of aromatic nitrogens is 2. The molecule has 3 rings (SSSR count). The average Bonchev–Trinajstić information content (AvgIpc) is 2.88. The Kier molecular flexibility index (Phi) is 9.64. The van der Waals surface area contributed by atoms with Crippen molar-refractivity contribution < 1.29 is 38.0 Å². The number of esters is 1. The fourth-order valence-corrected chi connectivity index (χ4v) is 3.03. The van der Waals surface area contributed by atoms with Crippen molar-refractivity contribution in [1.82, 2.24) is 9.97 Å². The van der Waals surface area contributed by atoms with Crippen LogP contribution in [-0.2, 0) is 19.0 Å². The van der Waals surface area contributed by atoms with Crippen LogP contribution in [0.25, 0.3) is 17.0 Å². The number of nitrogens with zero attached hydrogens (tertiary/aromatic N) is 2. The maximum atomic E-state index is 11.4. The Morgan fingerprint density at radius 1 is 0.829 bits per heavy atom. The molecule has 35 heavy (non-hydrogen) atoms. The monoisotopic (exact) mass is 484 g/mol. The van der Waals surface area contributed by atoms with Crippen molar-refractivity contribution in [2.24, 2.45) is 0 Å². The number of methoxy groups -OCH3 is 4. The first-order valence-corrected chi connectivity index (χ1v) is 10.7. The first-order chi connectivity index (χ1) is 17.1. The largest absolute Gasteiger partial charge is 0.493 e. The van der Waals surface area contributed by atoms with E-state index in [4.69, 9.17) is 28.4 Å². The van der Waals surface area contributed by atoms with Crippen LogP contribution in [0.2, 0.25) is 0 Å². The third kappa shape index (κ3) is 7.05. The van der Waals surface area contributed by atoms with Gasteiger partial charge in [0.2, 0.25) is 5.88 Å². The standard InChI is InChI=1S/C25H28N2O8/c1-29-9-11-33-22-14-18-19(15-23(22)34-12-10-30-2)26-16-27-25(18)35-20-7-5-17(13-21(20)31-3)6-8-24(28)32-4/h5-8,13-16H,9-12H2,1-4H3. The summed E-state index contributed by atoms with van der Waals surface area (Å²) in [6, 6.07) is 8.77. The molecular formula is C25H28N2O8. The van der Waals surface area contributed by atoms with Gasteiger partial charge in [-0.25, -0.2) is 14.8 Å². The van der Waals surface area contributed by atoms with Crippen molar-refractivity contribution in [3.63, 3.8) is 0 Å². The Morgan fingerprint density at radius 2 is 1.54 bits per heavy atom. The van der Waals surface area contributed by atoms with Crippen LogP contribution < -0.4 is 18.9 Å². The van der Waals surface area contributed by atoms with Gasteiger partial charge in [0.15, 0.2) is 23.0 Å². The van der Waals surface area contributed by atoms with Gasteiger partial charge in [-0.2, -0.15) is 0 Å². The molecule has 0 aliphatic rings. The van der Waals surface area contributed by atoms with Crippen LogP contribution in [0.15, 0.2) is 42.7 Å². The lowest BCUT2D eigenvalue weighted by Gasteiger charge is -2.15. The normalized spacial score (nSPS) is 11.0. The van der Waals surface area contributed by atoms with Crippen LogP contribution >= 0.6 is 0 Å². The molecule has 0 bridgehead atoms. The van der Waals surface area contributed by atoms with E-state index < -0.39 is 5.97 Å². The molecule has 0 N–H and O–H groups in total. The minimum atomic E-state index is -0.453. The van der Waals surface area contributed by atoms with Gasteiger partial charge < -0.3 is 33.2 Å². The smallest absolute Gasteiger partial charge is 0.330 e. The predicted molar refractivity (Wildman–Crippen MR) is 128 cm³/mol. The van der Waals surface area contributed by atoms with Gasteiger partial charge >= 0.3 is 5.97 Å². The fourth-order valence-electron chi connectivity index (χ4n) is 3.03. The van der Waals surface area contributed by atoms with Crippen molar-refractivity contribution in [3.8, 4) is 28.9 Å². The number of hydrogen-bond donors (Lipinski definition) is 0. The second-order valence-electron chi connectivity index (χ2n) is 7.05. The van der Waals surface area contributed by atoms with Gasteiger partial charge in [-0.3, -0.25) is 0 Å². The van der Waals surface area contributed by atoms with E-state index in [1.54, 1.807) is 50.6 Å². The number of rotatable bonds is 13. The Morgan fingerprint density at radius 3 is 2.20 bits per heavy atom. The van der Waals surface area contributed by atoms with Crippen molar-refractivity contribution in [3.05, 3.63) is 48.3 Å². The highest BCUT2D eigenvalue weighted by atomic mass is 16.6. The lowest BCUT2D eigenvalue weighted by Crippen LogP contribution is -2.09. The van der Waals surface area contributed by atoms with Gasteiger partial charge in [-0.15, -0.1) is 0 Å². The molecule has 186 valence electrons. The topological polar surface area (TPSA) is 107 Å². The van der Waals surface area contributed by atoms with E-state index >= 15 is 0 Å². The summed E-state index contributed by atoms with van der Waals surface area (Å²) in [6.07, 6.45) is 4.35. The summed E-state index contributed by atoms with van der Waals surface area (Å²) < 4.78 is 38.0. The van der Waals surface area contributed by atoms with Crippen LogP contribution in [0.4, 0.5) is 0 Å². The molecule has 0 saturated carbocycles. The second-order valence-corrected chi connectivity index (χ2v) is 7.05. The Labute approximate surface area is 203 Å². The summed E-state index contributed by atoms with van der Waals surface area (Å²) in [5.74, 6) is 1.78. The molecule has 0 unspecified atom stereocenters. The zero-order chi connectivity index (χ0) is 25.0. The summed E-state index contributed by atoms with van der Waals surface area (Å²) in [5.41, 5.74) is 1.34. The van der Waals surface area contributed by atoms with Crippen LogP contribution in [-0.4, -0.2) is 70.8 Å². The molecule has 0 atom stereocenters. The highest BCUT2D eigenvalue weighted by molar-refractivity contribution is 5.88. The summed E-state index contributed by atoms with van der Waals surface area (Å²) >= 11 is 0. The number of ether oxygens (including phenoxy) is 7. The lowest BCUT2D eigenvalue weighted by atomic mass is 10.2. The van der Waals surface area contributed by atoms with E-state index in [0.717, 1.165) is 5.56 Å². The van der Waals surface area contributed by atoms with E-state index in [0.29, 0.717) is 66.2 Å². The Hall–Kier alpha value is -3.89. The summed E-state index contributed by atoms with van der Waals surface area (Å²) in [7, 11) is 6.05. The molecule has 10 nitrogen and oxygen atoms in total. The van der Waals surface area contributed by atoms with Gasteiger partial charge in [0.1, 0.15) is 19.5 Å². The summed E-state index contributed by atoms with van der Waals surface area (Å²) in [6.45, 7) is 1.53. The van der Waals surface area contributed by atoms with Gasteiger partial charge in [0.05, 0.1) is 38.3 Å². The molecule has 0 spiro atoms.